The van der Waals surface area contributed by atoms with Crippen LogP contribution in [0.1, 0.15) is 33.3 Å². The first-order chi connectivity index (χ1) is 11.7. The third-order valence-electron chi connectivity index (χ3n) is 3.40. The van der Waals surface area contributed by atoms with Crippen LogP contribution in [-0.4, -0.2) is 24.7 Å². The summed E-state index contributed by atoms with van der Waals surface area (Å²) in [7, 11) is 0. The van der Waals surface area contributed by atoms with Gasteiger partial charge < -0.3 is 14.4 Å². The number of carbonyl (C=O) groups is 1. The van der Waals surface area contributed by atoms with Gasteiger partial charge in [-0.25, -0.2) is 0 Å². The summed E-state index contributed by atoms with van der Waals surface area (Å²) in [6, 6.07) is 9.38. The zero-order valence-corrected chi connectivity index (χ0v) is 15.0. The molecule has 0 saturated heterocycles. The smallest absolute Gasteiger partial charge is 0.326 e. The van der Waals surface area contributed by atoms with Crippen molar-refractivity contribution in [2.45, 2.75) is 39.8 Å². The molecule has 6 nitrogen and oxygen atoms in total. The van der Waals surface area contributed by atoms with Gasteiger partial charge in [-0.2, -0.15) is 0 Å². The van der Waals surface area contributed by atoms with Gasteiger partial charge in [-0.1, -0.05) is 30.3 Å². The highest BCUT2D eigenvalue weighted by molar-refractivity contribution is 5.78. The fourth-order valence-corrected chi connectivity index (χ4v) is 2.47. The Balaban J connectivity index is 2.30. The lowest BCUT2D eigenvalue weighted by molar-refractivity contribution is -0.153. The normalized spacial score (nSPS) is 11.4. The van der Waals surface area contributed by atoms with E-state index in [0.717, 1.165) is 5.56 Å². The number of anilines is 1. The van der Waals surface area contributed by atoms with E-state index >= 15 is 0 Å². The SMILES string of the molecule is CCOc1c(N(CC(=O)OC(C)(C)C)Cc2ccccc2)c(=O)c1=O. The average molecular weight is 345 g/mol. The number of carbonyl (C=O) groups excluding carboxylic acids is 1. The molecular formula is C19H23NO5. The van der Waals surface area contributed by atoms with E-state index in [1.54, 1.807) is 27.7 Å². The number of ether oxygens (including phenoxy) is 2. The summed E-state index contributed by atoms with van der Waals surface area (Å²) >= 11 is 0. The molecule has 2 aromatic carbocycles. The Hall–Kier alpha value is -2.63. The van der Waals surface area contributed by atoms with E-state index in [9.17, 15) is 14.4 Å². The van der Waals surface area contributed by atoms with Crippen molar-refractivity contribution >= 4 is 11.7 Å². The minimum atomic E-state index is -0.654. The predicted octanol–water partition coefficient (Wildman–Crippen LogP) is 2.03. The first-order valence-corrected chi connectivity index (χ1v) is 8.19. The highest BCUT2D eigenvalue weighted by Gasteiger charge is 2.30. The minimum absolute atomic E-state index is 0.0204. The number of nitrogens with zero attached hydrogens (tertiary/aromatic N) is 1. The van der Waals surface area contributed by atoms with Gasteiger partial charge in [0.1, 0.15) is 17.8 Å². The third-order valence-corrected chi connectivity index (χ3v) is 3.40. The number of benzene rings is 1. The van der Waals surface area contributed by atoms with Crippen LogP contribution in [0, 0.1) is 0 Å². The molecule has 25 heavy (non-hydrogen) atoms. The topological polar surface area (TPSA) is 72.9 Å². The molecule has 0 aliphatic rings. The quantitative estimate of drug-likeness (QED) is 0.565. The van der Waals surface area contributed by atoms with Gasteiger partial charge in [0.2, 0.25) is 0 Å². The van der Waals surface area contributed by atoms with Crippen LogP contribution in [0.4, 0.5) is 5.69 Å². The van der Waals surface area contributed by atoms with Crippen LogP contribution in [0.2, 0.25) is 0 Å². The Morgan fingerprint density at radius 1 is 1.08 bits per heavy atom. The highest BCUT2D eigenvalue weighted by Crippen LogP contribution is 2.25. The Morgan fingerprint density at radius 2 is 1.72 bits per heavy atom. The summed E-state index contributed by atoms with van der Waals surface area (Å²) < 4.78 is 10.6. The van der Waals surface area contributed by atoms with Crippen molar-refractivity contribution in [3.05, 3.63) is 56.3 Å². The molecule has 0 aromatic heterocycles. The Kier molecular flexibility index (Phi) is 5.62. The number of esters is 1. The maximum atomic E-state index is 12.2. The summed E-state index contributed by atoms with van der Waals surface area (Å²) in [5.74, 6) is -0.453. The van der Waals surface area contributed by atoms with Crippen molar-refractivity contribution in [2.75, 3.05) is 18.1 Å². The molecule has 0 atom stereocenters. The first kappa shape index (κ1) is 18.7. The van der Waals surface area contributed by atoms with Crippen LogP contribution in [0.15, 0.2) is 39.9 Å². The summed E-state index contributed by atoms with van der Waals surface area (Å²) in [5, 5.41) is 0. The molecule has 6 heteroatoms. The van der Waals surface area contributed by atoms with Gasteiger partial charge in [0.05, 0.1) is 6.61 Å². The maximum Gasteiger partial charge on any atom is 0.326 e. The molecule has 134 valence electrons. The van der Waals surface area contributed by atoms with Gasteiger partial charge in [-0.15, -0.1) is 0 Å². The molecule has 0 fully saturated rings. The average Bonchev–Trinajstić information content (AvgIpc) is 2.53. The largest absolute Gasteiger partial charge is 0.488 e. The van der Waals surface area contributed by atoms with E-state index < -0.39 is 22.4 Å². The minimum Gasteiger partial charge on any atom is -0.488 e. The van der Waals surface area contributed by atoms with Gasteiger partial charge in [-0.3, -0.25) is 14.4 Å². The predicted molar refractivity (Wildman–Crippen MR) is 95.9 cm³/mol. The lowest BCUT2D eigenvalue weighted by atomic mass is 10.1. The number of hydrogen-bond acceptors (Lipinski definition) is 6. The zero-order valence-electron chi connectivity index (χ0n) is 15.0. The van der Waals surface area contributed by atoms with E-state index in [-0.39, 0.29) is 24.6 Å². The van der Waals surface area contributed by atoms with Crippen molar-refractivity contribution in [2.24, 2.45) is 0 Å². The summed E-state index contributed by atoms with van der Waals surface area (Å²) in [4.78, 5) is 37.6. The summed E-state index contributed by atoms with van der Waals surface area (Å²) in [5.41, 5.74) is -0.878. The van der Waals surface area contributed by atoms with Crippen LogP contribution in [-0.2, 0) is 16.1 Å². The standard InChI is InChI=1S/C19H23NO5/c1-5-24-18-15(16(22)17(18)23)20(11-13-9-7-6-8-10-13)12-14(21)25-19(2,3)4/h6-10H,5,11-12H2,1-4H3. The molecule has 0 bridgehead atoms. The second-order valence-electron chi connectivity index (χ2n) is 6.70. The Bertz CT molecular complexity index is 797. The zero-order chi connectivity index (χ0) is 18.6. The molecule has 0 radical (unpaired) electrons. The monoisotopic (exact) mass is 345 g/mol. The molecule has 0 amide bonds. The first-order valence-electron chi connectivity index (χ1n) is 8.19. The second kappa shape index (κ2) is 7.51. The van der Waals surface area contributed by atoms with E-state index in [0.29, 0.717) is 6.54 Å². The maximum absolute atomic E-state index is 12.2. The molecule has 0 aliphatic carbocycles. The molecular weight excluding hydrogens is 322 g/mol. The number of hydrogen-bond donors (Lipinski definition) is 0. The van der Waals surface area contributed by atoms with Gasteiger partial charge in [0.25, 0.3) is 10.9 Å². The van der Waals surface area contributed by atoms with E-state index in [1.165, 1.54) is 4.90 Å². The fraction of sp³-hybridized carbons (Fsp3) is 0.421. The van der Waals surface area contributed by atoms with Crippen LogP contribution < -0.4 is 20.5 Å². The molecule has 0 unspecified atom stereocenters. The van der Waals surface area contributed by atoms with Gasteiger partial charge in [0.15, 0.2) is 5.75 Å². The Morgan fingerprint density at radius 3 is 2.28 bits per heavy atom. The molecule has 2 aromatic rings. The molecule has 2 rings (SSSR count). The van der Waals surface area contributed by atoms with Crippen molar-refractivity contribution in [1.82, 2.24) is 0 Å². The van der Waals surface area contributed by atoms with Gasteiger partial charge in [0, 0.05) is 6.54 Å². The molecule has 0 heterocycles. The second-order valence-corrected chi connectivity index (χ2v) is 6.70. The lowest BCUT2D eigenvalue weighted by Crippen LogP contribution is -2.44. The Labute approximate surface area is 146 Å². The highest BCUT2D eigenvalue weighted by atomic mass is 16.6. The molecule has 0 saturated carbocycles. The van der Waals surface area contributed by atoms with E-state index in [1.807, 2.05) is 30.3 Å². The summed E-state index contributed by atoms with van der Waals surface area (Å²) in [6.07, 6.45) is 0. The van der Waals surface area contributed by atoms with E-state index in [2.05, 4.69) is 0 Å². The van der Waals surface area contributed by atoms with Crippen molar-refractivity contribution in [3.63, 3.8) is 0 Å². The molecule has 0 N–H and O–H groups in total. The van der Waals surface area contributed by atoms with Crippen LogP contribution in [0.3, 0.4) is 0 Å². The molecule has 0 aliphatic heterocycles. The van der Waals surface area contributed by atoms with Crippen LogP contribution in [0.25, 0.3) is 0 Å². The molecule has 0 spiro atoms. The van der Waals surface area contributed by atoms with Crippen LogP contribution in [0.5, 0.6) is 5.75 Å². The van der Waals surface area contributed by atoms with Crippen LogP contribution >= 0.6 is 0 Å². The van der Waals surface area contributed by atoms with E-state index in [4.69, 9.17) is 9.47 Å². The van der Waals surface area contributed by atoms with Crippen molar-refractivity contribution < 1.29 is 14.3 Å². The number of rotatable bonds is 7. The van der Waals surface area contributed by atoms with Gasteiger partial charge in [-0.05, 0) is 33.3 Å². The summed E-state index contributed by atoms with van der Waals surface area (Å²) in [6.45, 7) is 7.47. The lowest BCUT2D eigenvalue weighted by Gasteiger charge is -2.28. The van der Waals surface area contributed by atoms with Crippen molar-refractivity contribution in [1.29, 1.82) is 0 Å². The fourth-order valence-electron chi connectivity index (χ4n) is 2.47. The van der Waals surface area contributed by atoms with Crippen molar-refractivity contribution in [3.8, 4) is 5.75 Å². The third kappa shape index (κ3) is 4.68. The van der Waals surface area contributed by atoms with Gasteiger partial charge >= 0.3 is 5.97 Å².